The highest BCUT2D eigenvalue weighted by molar-refractivity contribution is 6.05. The third kappa shape index (κ3) is 2.20. The third-order valence-electron chi connectivity index (χ3n) is 2.94. The van der Waals surface area contributed by atoms with Gasteiger partial charge in [-0.2, -0.15) is 5.10 Å². The number of benzene rings is 1. The molecule has 0 unspecified atom stereocenters. The van der Waals surface area contributed by atoms with E-state index in [9.17, 15) is 4.79 Å². The summed E-state index contributed by atoms with van der Waals surface area (Å²) in [7, 11) is 0. The Morgan fingerprint density at radius 3 is 3.05 bits per heavy atom. The summed E-state index contributed by atoms with van der Waals surface area (Å²) in [4.78, 5) is 19.2. The monoisotopic (exact) mass is 255 g/mol. The van der Waals surface area contributed by atoms with Crippen LogP contribution in [-0.2, 0) is 6.42 Å². The highest BCUT2D eigenvalue weighted by Gasteiger charge is 2.09. The van der Waals surface area contributed by atoms with E-state index in [-0.39, 0.29) is 5.91 Å². The summed E-state index contributed by atoms with van der Waals surface area (Å²) in [6.07, 6.45) is 2.45. The van der Waals surface area contributed by atoms with Gasteiger partial charge >= 0.3 is 0 Å². The molecule has 1 aromatic carbocycles. The minimum Gasteiger partial charge on any atom is -0.345 e. The molecular formula is C13H13N5O. The Bertz CT molecular complexity index is 727. The molecule has 3 aromatic rings. The summed E-state index contributed by atoms with van der Waals surface area (Å²) in [5, 5.41) is 9.64. The van der Waals surface area contributed by atoms with Crippen molar-refractivity contribution in [2.45, 2.75) is 13.3 Å². The normalized spacial score (nSPS) is 10.8. The number of carbonyl (C=O) groups is 1. The Balaban J connectivity index is 1.82. The first-order chi connectivity index (χ1) is 9.26. The van der Waals surface area contributed by atoms with Gasteiger partial charge in [-0.25, -0.2) is 4.98 Å². The Labute approximate surface area is 109 Å². The molecule has 0 bridgehead atoms. The van der Waals surface area contributed by atoms with E-state index in [1.165, 1.54) is 0 Å². The zero-order valence-electron chi connectivity index (χ0n) is 10.4. The van der Waals surface area contributed by atoms with Gasteiger partial charge in [0.1, 0.15) is 0 Å². The smallest absolute Gasteiger partial charge is 0.256 e. The van der Waals surface area contributed by atoms with Crippen LogP contribution in [0.15, 0.2) is 30.6 Å². The van der Waals surface area contributed by atoms with E-state index in [0.717, 1.165) is 23.1 Å². The third-order valence-corrected chi connectivity index (χ3v) is 2.94. The minimum atomic E-state index is -0.189. The summed E-state index contributed by atoms with van der Waals surface area (Å²) in [5.41, 5.74) is 3.23. The van der Waals surface area contributed by atoms with Gasteiger partial charge in [-0.1, -0.05) is 6.92 Å². The number of imidazole rings is 1. The molecule has 0 aliphatic rings. The van der Waals surface area contributed by atoms with Gasteiger partial charge in [0, 0.05) is 17.3 Å². The number of nitrogens with zero attached hydrogens (tertiary/aromatic N) is 2. The van der Waals surface area contributed by atoms with Gasteiger partial charge in [0.05, 0.1) is 17.4 Å². The highest BCUT2D eigenvalue weighted by Crippen LogP contribution is 2.13. The SMILES string of the molecule is CCc1cc(NC(=O)c2ccc3nc[nH]c3c2)n[nH]1. The fraction of sp³-hybridized carbons (Fsp3) is 0.154. The number of aromatic amines is 2. The van der Waals surface area contributed by atoms with Crippen molar-refractivity contribution < 1.29 is 4.79 Å². The molecule has 2 aromatic heterocycles. The topological polar surface area (TPSA) is 86.5 Å². The van der Waals surface area contributed by atoms with E-state index in [0.29, 0.717) is 11.4 Å². The van der Waals surface area contributed by atoms with E-state index in [1.54, 1.807) is 18.5 Å². The maximum Gasteiger partial charge on any atom is 0.256 e. The van der Waals surface area contributed by atoms with E-state index in [1.807, 2.05) is 19.1 Å². The standard InChI is InChI=1S/C13H13N5O/c1-2-9-6-12(18-17-9)16-13(19)8-3-4-10-11(5-8)15-7-14-10/h3-7H,2H2,1H3,(H,14,15)(H2,16,17,18,19). The average molecular weight is 255 g/mol. The van der Waals surface area contributed by atoms with Crippen molar-refractivity contribution in [1.82, 2.24) is 20.2 Å². The van der Waals surface area contributed by atoms with Gasteiger partial charge in [0.2, 0.25) is 0 Å². The molecule has 0 saturated carbocycles. The lowest BCUT2D eigenvalue weighted by Gasteiger charge is -2.01. The number of H-pyrrole nitrogens is 2. The van der Waals surface area contributed by atoms with Crippen LogP contribution in [0.3, 0.4) is 0 Å². The fourth-order valence-electron chi connectivity index (χ4n) is 1.87. The first-order valence-electron chi connectivity index (χ1n) is 6.05. The number of nitrogens with one attached hydrogen (secondary N) is 3. The average Bonchev–Trinajstić information content (AvgIpc) is 3.05. The van der Waals surface area contributed by atoms with Crippen LogP contribution < -0.4 is 5.32 Å². The van der Waals surface area contributed by atoms with Crippen LogP contribution >= 0.6 is 0 Å². The maximum atomic E-state index is 12.1. The first kappa shape index (κ1) is 11.5. The summed E-state index contributed by atoms with van der Waals surface area (Å²) < 4.78 is 0. The Morgan fingerprint density at radius 1 is 1.37 bits per heavy atom. The van der Waals surface area contributed by atoms with Gasteiger partial charge in [0.15, 0.2) is 5.82 Å². The number of anilines is 1. The molecule has 6 heteroatoms. The van der Waals surface area contributed by atoms with Crippen LogP contribution in [0.5, 0.6) is 0 Å². The van der Waals surface area contributed by atoms with Crippen LogP contribution in [0, 0.1) is 0 Å². The predicted octanol–water partition coefficient (Wildman–Crippen LogP) is 2.10. The van der Waals surface area contributed by atoms with Crippen molar-refractivity contribution in [1.29, 1.82) is 0 Å². The van der Waals surface area contributed by atoms with E-state index >= 15 is 0 Å². The number of hydrogen-bond donors (Lipinski definition) is 3. The molecular weight excluding hydrogens is 242 g/mol. The maximum absolute atomic E-state index is 12.1. The molecule has 1 amide bonds. The quantitative estimate of drug-likeness (QED) is 0.669. The minimum absolute atomic E-state index is 0.189. The van der Waals surface area contributed by atoms with Crippen molar-refractivity contribution in [3.05, 3.63) is 41.9 Å². The predicted molar refractivity (Wildman–Crippen MR) is 72.0 cm³/mol. The molecule has 6 nitrogen and oxygen atoms in total. The van der Waals surface area contributed by atoms with E-state index in [2.05, 4.69) is 25.5 Å². The van der Waals surface area contributed by atoms with Gasteiger partial charge < -0.3 is 10.3 Å². The Hall–Kier alpha value is -2.63. The summed E-state index contributed by atoms with van der Waals surface area (Å²) in [5.74, 6) is 0.345. The first-order valence-corrected chi connectivity index (χ1v) is 6.05. The van der Waals surface area contributed by atoms with Crippen molar-refractivity contribution in [2.24, 2.45) is 0 Å². The highest BCUT2D eigenvalue weighted by atomic mass is 16.1. The number of carbonyl (C=O) groups excluding carboxylic acids is 1. The van der Waals surface area contributed by atoms with Crippen molar-refractivity contribution in [2.75, 3.05) is 5.32 Å². The molecule has 0 aliphatic carbocycles. The lowest BCUT2D eigenvalue weighted by atomic mass is 10.2. The molecule has 0 fully saturated rings. The van der Waals surface area contributed by atoms with E-state index in [4.69, 9.17) is 0 Å². The molecule has 0 spiro atoms. The largest absolute Gasteiger partial charge is 0.345 e. The Kier molecular flexibility index (Phi) is 2.75. The zero-order valence-corrected chi connectivity index (χ0v) is 10.4. The molecule has 0 radical (unpaired) electrons. The number of fused-ring (bicyclic) bond motifs is 1. The molecule has 0 saturated heterocycles. The van der Waals surface area contributed by atoms with Crippen LogP contribution in [0.4, 0.5) is 5.82 Å². The van der Waals surface area contributed by atoms with Crippen molar-refractivity contribution in [3.63, 3.8) is 0 Å². The van der Waals surface area contributed by atoms with Crippen LogP contribution in [0.1, 0.15) is 23.0 Å². The number of aryl methyl sites for hydroxylation is 1. The van der Waals surface area contributed by atoms with Crippen molar-refractivity contribution >= 4 is 22.8 Å². The van der Waals surface area contributed by atoms with Crippen molar-refractivity contribution in [3.8, 4) is 0 Å². The Morgan fingerprint density at radius 2 is 2.26 bits per heavy atom. The number of rotatable bonds is 3. The lowest BCUT2D eigenvalue weighted by molar-refractivity contribution is 0.102. The lowest BCUT2D eigenvalue weighted by Crippen LogP contribution is -2.12. The summed E-state index contributed by atoms with van der Waals surface area (Å²) in [6, 6.07) is 7.15. The molecule has 0 aliphatic heterocycles. The zero-order chi connectivity index (χ0) is 13.2. The van der Waals surface area contributed by atoms with E-state index < -0.39 is 0 Å². The molecule has 3 N–H and O–H groups in total. The van der Waals surface area contributed by atoms with Gasteiger partial charge in [0.25, 0.3) is 5.91 Å². The second-order valence-corrected chi connectivity index (χ2v) is 4.22. The molecule has 96 valence electrons. The van der Waals surface area contributed by atoms with Gasteiger partial charge in [-0.3, -0.25) is 9.89 Å². The molecule has 19 heavy (non-hydrogen) atoms. The van der Waals surface area contributed by atoms with Gasteiger partial charge in [-0.05, 0) is 24.6 Å². The number of amides is 1. The summed E-state index contributed by atoms with van der Waals surface area (Å²) in [6.45, 7) is 2.02. The van der Waals surface area contributed by atoms with Gasteiger partial charge in [-0.15, -0.1) is 0 Å². The van der Waals surface area contributed by atoms with Crippen LogP contribution in [0.25, 0.3) is 11.0 Å². The second kappa shape index (κ2) is 4.56. The van der Waals surface area contributed by atoms with Crippen LogP contribution in [-0.4, -0.2) is 26.1 Å². The van der Waals surface area contributed by atoms with Crippen LogP contribution in [0.2, 0.25) is 0 Å². The molecule has 3 rings (SSSR count). The number of aromatic nitrogens is 4. The second-order valence-electron chi connectivity index (χ2n) is 4.22. The summed E-state index contributed by atoms with van der Waals surface area (Å²) >= 11 is 0. The fourth-order valence-corrected chi connectivity index (χ4v) is 1.87. The number of hydrogen-bond acceptors (Lipinski definition) is 3. The molecule has 0 atom stereocenters. The molecule has 2 heterocycles.